The predicted molar refractivity (Wildman–Crippen MR) is 155 cm³/mol. The van der Waals surface area contributed by atoms with Crippen molar-refractivity contribution in [2.45, 2.75) is 65.0 Å². The number of amides is 1. The number of carbonyl (C=O) groups is 1. The molecule has 2 aliphatic rings. The summed E-state index contributed by atoms with van der Waals surface area (Å²) in [6.07, 6.45) is 2.72. The van der Waals surface area contributed by atoms with Crippen LogP contribution in [0, 0.1) is 23.0 Å². The summed E-state index contributed by atoms with van der Waals surface area (Å²) in [4.78, 5) is 28.1. The molecule has 218 valence electrons. The van der Waals surface area contributed by atoms with E-state index in [0.717, 1.165) is 29.5 Å². The van der Waals surface area contributed by atoms with E-state index in [1.54, 1.807) is 27.0 Å². The Morgan fingerprint density at radius 1 is 1.24 bits per heavy atom. The maximum Gasteiger partial charge on any atom is 0.412 e. The van der Waals surface area contributed by atoms with Gasteiger partial charge in [-0.2, -0.15) is 5.26 Å². The molecule has 0 saturated carbocycles. The zero-order valence-electron chi connectivity index (χ0n) is 23.8. The molecule has 2 aliphatic heterocycles. The lowest BCUT2D eigenvalue weighted by Gasteiger charge is -2.25. The van der Waals surface area contributed by atoms with Crippen LogP contribution >= 0.6 is 11.3 Å². The summed E-state index contributed by atoms with van der Waals surface area (Å²) in [7, 11) is 1.91. The van der Waals surface area contributed by atoms with Gasteiger partial charge in [-0.25, -0.2) is 23.5 Å². The molecule has 3 aromatic heterocycles. The predicted octanol–water partition coefficient (Wildman–Crippen LogP) is 5.62. The Morgan fingerprint density at radius 2 is 2.00 bits per heavy atom. The number of thiophene rings is 1. The molecule has 0 bridgehead atoms. The van der Waals surface area contributed by atoms with Crippen LogP contribution < -0.4 is 15.5 Å². The first kappa shape index (κ1) is 28.1. The lowest BCUT2D eigenvalue weighted by atomic mass is 9.94. The number of hydrogen-bond acceptors (Lipinski definition) is 10. The van der Waals surface area contributed by atoms with Crippen LogP contribution in [0.15, 0.2) is 12.4 Å². The van der Waals surface area contributed by atoms with Crippen molar-refractivity contribution in [3.8, 4) is 17.3 Å². The second-order valence-corrected chi connectivity index (χ2v) is 12.4. The Bertz CT molecular complexity index is 1800. The number of hydrogen-bond donors (Lipinski definition) is 2. The summed E-state index contributed by atoms with van der Waals surface area (Å²) >= 11 is 0.861. The molecule has 0 spiro atoms. The first-order valence-electron chi connectivity index (χ1n) is 13.6. The number of fused-ring (bicyclic) bond motifs is 4. The number of benzene rings is 1. The molecule has 0 aliphatic carbocycles. The molecule has 1 fully saturated rings. The van der Waals surface area contributed by atoms with Gasteiger partial charge in [0.1, 0.15) is 22.2 Å². The number of nitrogens with one attached hydrogen (secondary N) is 2. The first-order chi connectivity index (χ1) is 20.0. The van der Waals surface area contributed by atoms with E-state index in [-0.39, 0.29) is 62.7 Å². The minimum absolute atomic E-state index is 0.0394. The molecule has 1 amide bonds. The highest BCUT2D eigenvalue weighted by Gasteiger charge is 2.34. The molecule has 10 nitrogen and oxygen atoms in total. The first-order valence-corrected chi connectivity index (χ1v) is 14.4. The van der Waals surface area contributed by atoms with Crippen molar-refractivity contribution in [3.05, 3.63) is 40.7 Å². The van der Waals surface area contributed by atoms with E-state index >= 15 is 8.78 Å². The fourth-order valence-electron chi connectivity index (χ4n) is 5.75. The van der Waals surface area contributed by atoms with Crippen LogP contribution in [-0.2, 0) is 22.7 Å². The van der Waals surface area contributed by atoms with E-state index in [4.69, 9.17) is 9.47 Å². The molecule has 13 heteroatoms. The minimum atomic E-state index is -0.799. The van der Waals surface area contributed by atoms with Crippen LogP contribution in [0.3, 0.4) is 0 Å². The van der Waals surface area contributed by atoms with E-state index in [1.807, 2.05) is 11.9 Å². The molecular weight excluding hydrogens is 564 g/mol. The van der Waals surface area contributed by atoms with Gasteiger partial charge in [-0.15, -0.1) is 11.3 Å². The third kappa shape index (κ3) is 4.59. The van der Waals surface area contributed by atoms with Crippen molar-refractivity contribution in [1.29, 1.82) is 5.26 Å². The number of carbonyl (C=O) groups excluding carboxylic acids is 1. The van der Waals surface area contributed by atoms with Crippen molar-refractivity contribution in [2.75, 3.05) is 23.8 Å². The lowest BCUT2D eigenvalue weighted by Crippen LogP contribution is -2.39. The Hall–Kier alpha value is -3.99. The fraction of sp³-hybridized carbons (Fsp3) is 0.414. The fourth-order valence-corrected chi connectivity index (χ4v) is 6.79. The highest BCUT2D eigenvalue weighted by molar-refractivity contribution is 7.23. The number of rotatable bonds is 4. The highest BCUT2D eigenvalue weighted by atomic mass is 32.1. The minimum Gasteiger partial charge on any atom is -0.444 e. The molecular formula is C29H29F2N7O3S. The molecule has 6 rings (SSSR count). The topological polar surface area (TPSA) is 125 Å². The zero-order valence-corrected chi connectivity index (χ0v) is 24.6. The van der Waals surface area contributed by atoms with Gasteiger partial charge in [0, 0.05) is 41.2 Å². The van der Waals surface area contributed by atoms with Crippen LogP contribution in [0.2, 0.25) is 0 Å². The van der Waals surface area contributed by atoms with Crippen molar-refractivity contribution in [1.82, 2.24) is 20.3 Å². The van der Waals surface area contributed by atoms with E-state index in [2.05, 4.69) is 38.6 Å². The molecule has 2 atom stereocenters. The maximum atomic E-state index is 16.7. The van der Waals surface area contributed by atoms with Crippen molar-refractivity contribution in [2.24, 2.45) is 0 Å². The number of nitrogens with zero attached hydrogens (tertiary/aromatic N) is 5. The van der Waals surface area contributed by atoms with Crippen molar-refractivity contribution >= 4 is 49.4 Å². The third-order valence-corrected chi connectivity index (χ3v) is 8.82. The Labute approximate surface area is 244 Å². The molecule has 5 heterocycles. The Morgan fingerprint density at radius 3 is 2.69 bits per heavy atom. The van der Waals surface area contributed by atoms with Crippen LogP contribution in [0.25, 0.3) is 32.2 Å². The number of nitriles is 1. The van der Waals surface area contributed by atoms with Gasteiger partial charge in [0.25, 0.3) is 0 Å². The van der Waals surface area contributed by atoms with E-state index < -0.39 is 23.3 Å². The van der Waals surface area contributed by atoms with Gasteiger partial charge in [-0.05, 0) is 52.3 Å². The molecule has 0 unspecified atom stereocenters. The molecule has 42 heavy (non-hydrogen) atoms. The number of aromatic nitrogens is 3. The molecule has 2 N–H and O–H groups in total. The molecule has 1 aromatic carbocycles. The molecule has 4 aromatic rings. The van der Waals surface area contributed by atoms with Gasteiger partial charge in [0.2, 0.25) is 5.95 Å². The number of pyridine rings is 1. The number of halogens is 2. The van der Waals surface area contributed by atoms with Gasteiger partial charge in [-0.1, -0.05) is 0 Å². The van der Waals surface area contributed by atoms with E-state index in [0.29, 0.717) is 23.4 Å². The van der Waals surface area contributed by atoms with Gasteiger partial charge in [0.15, 0.2) is 11.6 Å². The van der Waals surface area contributed by atoms with Crippen LogP contribution in [0.1, 0.15) is 50.8 Å². The molecule has 1 saturated heterocycles. The summed E-state index contributed by atoms with van der Waals surface area (Å²) in [6, 6.07) is 2.40. The quantitative estimate of drug-likeness (QED) is 0.310. The van der Waals surface area contributed by atoms with Crippen molar-refractivity contribution < 1.29 is 23.0 Å². The number of anilines is 2. The Balaban J connectivity index is 1.55. The monoisotopic (exact) mass is 593 g/mol. The smallest absolute Gasteiger partial charge is 0.412 e. The lowest BCUT2D eigenvalue weighted by molar-refractivity contribution is 0.0636. The van der Waals surface area contributed by atoms with Gasteiger partial charge >= 0.3 is 6.09 Å². The highest BCUT2D eigenvalue weighted by Crippen LogP contribution is 2.46. The normalized spacial score (nSPS) is 18.5. The zero-order chi connectivity index (χ0) is 29.9. The number of ether oxygens (including phenoxy) is 2. The summed E-state index contributed by atoms with van der Waals surface area (Å²) in [5.74, 6) is -0.953. The average Bonchev–Trinajstić information content (AvgIpc) is 3.66. The second-order valence-electron chi connectivity index (χ2n) is 11.4. The summed E-state index contributed by atoms with van der Waals surface area (Å²) in [6.45, 7) is 8.21. The van der Waals surface area contributed by atoms with Gasteiger partial charge in [0.05, 0.1) is 35.4 Å². The van der Waals surface area contributed by atoms with Crippen LogP contribution in [-0.4, -0.2) is 52.3 Å². The standard InChI is InChI=1S/C29H29F2N7O3S/c1-13-19(33-5)6-7-38(13)27-35-9-15-16-11-40-12-17(16)20(22(31)23(15)36-27)24-21-14(8-32)26(37-28(39)41-29(2,3)4)42-25(21)18(30)10-34-24/h9-10,13,19,33H,6-7,11-12H2,1-5H3,(H,37,39)/t13-,19-/m0/s1. The van der Waals surface area contributed by atoms with E-state index in [1.165, 1.54) is 0 Å². The summed E-state index contributed by atoms with van der Waals surface area (Å²) < 4.78 is 42.9. The number of likely N-dealkylation sites (N-methyl/N-ethyl adjacent to an activating group) is 1. The summed E-state index contributed by atoms with van der Waals surface area (Å²) in [5.41, 5.74) is 0.686. The average molecular weight is 594 g/mol. The Kier molecular flexibility index (Phi) is 6.95. The third-order valence-electron chi connectivity index (χ3n) is 7.70. The molecule has 0 radical (unpaired) electrons. The maximum absolute atomic E-state index is 16.7. The van der Waals surface area contributed by atoms with Gasteiger partial charge in [-0.3, -0.25) is 10.3 Å². The van der Waals surface area contributed by atoms with Gasteiger partial charge < -0.3 is 19.7 Å². The van der Waals surface area contributed by atoms with E-state index in [9.17, 15) is 10.1 Å². The second kappa shape index (κ2) is 10.4. The largest absolute Gasteiger partial charge is 0.444 e. The summed E-state index contributed by atoms with van der Waals surface area (Å²) in [5, 5.41) is 16.7. The SMILES string of the molecule is CN[C@H]1CCN(c2ncc3c4c(c(-c5ncc(F)c6sc(NC(=O)OC(C)(C)C)c(C#N)c56)c(F)c3n2)COC4)[C@H]1C. The van der Waals surface area contributed by atoms with Crippen molar-refractivity contribution in [3.63, 3.8) is 0 Å². The van der Waals surface area contributed by atoms with Crippen LogP contribution in [0.5, 0.6) is 0 Å². The van der Waals surface area contributed by atoms with Crippen LogP contribution in [0.4, 0.5) is 24.5 Å².